The first-order valence-electron chi connectivity index (χ1n) is 5.96. The number of benzene rings is 2. The van der Waals surface area contributed by atoms with Gasteiger partial charge in [0.1, 0.15) is 0 Å². The predicted molar refractivity (Wildman–Crippen MR) is 78.7 cm³/mol. The fourth-order valence-electron chi connectivity index (χ4n) is 1.72. The Morgan fingerprint density at radius 3 is 2.11 bits per heavy atom. The molecule has 0 aliphatic rings. The van der Waals surface area contributed by atoms with Crippen LogP contribution in [-0.4, -0.2) is 11.7 Å². The third-order valence-electron chi connectivity index (χ3n) is 2.76. The molecule has 18 heavy (non-hydrogen) atoms. The summed E-state index contributed by atoms with van der Waals surface area (Å²) in [7, 11) is 0. The third-order valence-corrected chi connectivity index (χ3v) is 3.29. The number of hydrogen-bond acceptors (Lipinski definition) is 2. The minimum Gasteiger partial charge on any atom is -0.396 e. The molecule has 0 saturated heterocycles. The molecule has 0 heterocycles. The monoisotopic (exact) mass is 305 g/mol. The average Bonchev–Trinajstić information content (AvgIpc) is 2.40. The van der Waals surface area contributed by atoms with Crippen molar-refractivity contribution in [2.24, 2.45) is 0 Å². The summed E-state index contributed by atoms with van der Waals surface area (Å²) in [5, 5.41) is 12.2. The number of anilines is 1. The summed E-state index contributed by atoms with van der Waals surface area (Å²) in [5.74, 6) is 0. The minimum absolute atomic E-state index is 0.200. The van der Waals surface area contributed by atoms with Gasteiger partial charge in [-0.1, -0.05) is 40.2 Å². The predicted octanol–water partition coefficient (Wildman–Crippen LogP) is 3.60. The number of aliphatic hydroxyl groups excluding tert-OH is 1. The summed E-state index contributed by atoms with van der Waals surface area (Å²) in [6.07, 6.45) is 0.715. The van der Waals surface area contributed by atoms with Crippen molar-refractivity contribution >= 4 is 21.6 Å². The highest BCUT2D eigenvalue weighted by Gasteiger charge is 1.96. The van der Waals surface area contributed by atoms with Crippen molar-refractivity contribution in [2.45, 2.75) is 13.0 Å². The van der Waals surface area contributed by atoms with Crippen molar-refractivity contribution in [3.8, 4) is 0 Å². The van der Waals surface area contributed by atoms with E-state index in [0.717, 1.165) is 22.3 Å². The van der Waals surface area contributed by atoms with Crippen molar-refractivity contribution in [2.75, 3.05) is 11.9 Å². The van der Waals surface area contributed by atoms with Gasteiger partial charge in [0.05, 0.1) is 0 Å². The molecular weight excluding hydrogens is 290 g/mol. The van der Waals surface area contributed by atoms with Crippen molar-refractivity contribution in [1.29, 1.82) is 0 Å². The molecule has 0 saturated carbocycles. The van der Waals surface area contributed by atoms with Gasteiger partial charge in [0.25, 0.3) is 0 Å². The fourth-order valence-corrected chi connectivity index (χ4v) is 1.99. The molecule has 0 fully saturated rings. The third kappa shape index (κ3) is 3.86. The van der Waals surface area contributed by atoms with Gasteiger partial charge >= 0.3 is 0 Å². The second-order valence-corrected chi connectivity index (χ2v) is 5.07. The molecule has 2 aromatic rings. The van der Waals surface area contributed by atoms with Gasteiger partial charge in [0, 0.05) is 23.3 Å². The maximum atomic E-state index is 8.84. The van der Waals surface area contributed by atoms with E-state index in [1.54, 1.807) is 0 Å². The van der Waals surface area contributed by atoms with E-state index < -0.39 is 0 Å². The molecule has 0 aromatic heterocycles. The van der Waals surface area contributed by atoms with E-state index in [-0.39, 0.29) is 6.61 Å². The van der Waals surface area contributed by atoms with Crippen LogP contribution in [0.15, 0.2) is 53.0 Å². The zero-order valence-electron chi connectivity index (χ0n) is 10.1. The SMILES string of the molecule is OCCc1ccc(NCc2ccc(Br)cc2)cc1. The van der Waals surface area contributed by atoms with Crippen LogP contribution in [0.25, 0.3) is 0 Å². The van der Waals surface area contributed by atoms with Crippen LogP contribution in [0.3, 0.4) is 0 Å². The molecule has 0 atom stereocenters. The lowest BCUT2D eigenvalue weighted by molar-refractivity contribution is 0.299. The highest BCUT2D eigenvalue weighted by molar-refractivity contribution is 9.10. The molecule has 2 nitrogen and oxygen atoms in total. The molecule has 0 aliphatic heterocycles. The van der Waals surface area contributed by atoms with E-state index in [2.05, 4.69) is 33.4 Å². The Labute approximate surface area is 116 Å². The average molecular weight is 306 g/mol. The summed E-state index contributed by atoms with van der Waals surface area (Å²) >= 11 is 3.42. The second-order valence-electron chi connectivity index (χ2n) is 4.15. The van der Waals surface area contributed by atoms with Crippen LogP contribution in [0.5, 0.6) is 0 Å². The zero-order chi connectivity index (χ0) is 12.8. The Bertz CT molecular complexity index is 479. The second kappa shape index (κ2) is 6.57. The van der Waals surface area contributed by atoms with Gasteiger partial charge in [-0.25, -0.2) is 0 Å². The van der Waals surface area contributed by atoms with Crippen LogP contribution in [0.4, 0.5) is 5.69 Å². The number of nitrogens with one attached hydrogen (secondary N) is 1. The Morgan fingerprint density at radius 2 is 1.50 bits per heavy atom. The van der Waals surface area contributed by atoms with E-state index in [0.29, 0.717) is 6.42 Å². The first-order chi connectivity index (χ1) is 8.78. The van der Waals surface area contributed by atoms with Crippen LogP contribution < -0.4 is 5.32 Å². The van der Waals surface area contributed by atoms with Crippen LogP contribution in [0.1, 0.15) is 11.1 Å². The topological polar surface area (TPSA) is 32.3 Å². The quantitative estimate of drug-likeness (QED) is 0.884. The lowest BCUT2D eigenvalue weighted by Crippen LogP contribution is -1.99. The van der Waals surface area contributed by atoms with Gasteiger partial charge < -0.3 is 10.4 Å². The van der Waals surface area contributed by atoms with Gasteiger partial charge in [-0.3, -0.25) is 0 Å². The fraction of sp³-hybridized carbons (Fsp3) is 0.200. The summed E-state index contributed by atoms with van der Waals surface area (Å²) in [5.41, 5.74) is 3.50. The first kappa shape index (κ1) is 13.1. The van der Waals surface area contributed by atoms with Gasteiger partial charge in [-0.2, -0.15) is 0 Å². The van der Waals surface area contributed by atoms with Crippen LogP contribution >= 0.6 is 15.9 Å². The zero-order valence-corrected chi connectivity index (χ0v) is 11.7. The standard InChI is InChI=1S/C15H16BrNO/c16-14-5-1-13(2-6-14)11-17-15-7-3-12(4-8-15)9-10-18/h1-8,17-18H,9-11H2. The van der Waals surface area contributed by atoms with E-state index in [1.807, 2.05) is 36.4 Å². The minimum atomic E-state index is 0.200. The maximum Gasteiger partial charge on any atom is 0.0471 e. The Kier molecular flexibility index (Phi) is 4.79. The Hall–Kier alpha value is -1.32. The molecule has 0 amide bonds. The van der Waals surface area contributed by atoms with Crippen molar-refractivity contribution < 1.29 is 5.11 Å². The number of aliphatic hydroxyl groups is 1. The molecule has 0 aliphatic carbocycles. The molecule has 0 unspecified atom stereocenters. The van der Waals surface area contributed by atoms with Crippen LogP contribution in [0.2, 0.25) is 0 Å². The van der Waals surface area contributed by atoms with Crippen LogP contribution in [0, 0.1) is 0 Å². The first-order valence-corrected chi connectivity index (χ1v) is 6.75. The van der Waals surface area contributed by atoms with E-state index in [4.69, 9.17) is 5.11 Å². The Balaban J connectivity index is 1.91. The summed E-state index contributed by atoms with van der Waals surface area (Å²) < 4.78 is 1.10. The summed E-state index contributed by atoms with van der Waals surface area (Å²) in [6.45, 7) is 1.01. The van der Waals surface area contributed by atoms with Gasteiger partial charge in [-0.15, -0.1) is 0 Å². The van der Waals surface area contributed by atoms with Crippen molar-refractivity contribution in [3.05, 3.63) is 64.1 Å². The number of rotatable bonds is 5. The highest BCUT2D eigenvalue weighted by Crippen LogP contribution is 2.14. The number of hydrogen-bond donors (Lipinski definition) is 2. The van der Waals surface area contributed by atoms with Crippen molar-refractivity contribution in [3.63, 3.8) is 0 Å². The van der Waals surface area contributed by atoms with E-state index in [9.17, 15) is 0 Å². The summed E-state index contributed by atoms with van der Waals surface area (Å²) in [6, 6.07) is 16.4. The lowest BCUT2D eigenvalue weighted by atomic mass is 10.1. The van der Waals surface area contributed by atoms with E-state index >= 15 is 0 Å². The van der Waals surface area contributed by atoms with Gasteiger partial charge in [-0.05, 0) is 41.8 Å². The van der Waals surface area contributed by atoms with E-state index in [1.165, 1.54) is 5.56 Å². The van der Waals surface area contributed by atoms with Gasteiger partial charge in [0.15, 0.2) is 0 Å². The van der Waals surface area contributed by atoms with Gasteiger partial charge in [0.2, 0.25) is 0 Å². The molecular formula is C15H16BrNO. The molecule has 0 radical (unpaired) electrons. The normalized spacial score (nSPS) is 10.3. The molecule has 2 N–H and O–H groups in total. The Morgan fingerprint density at radius 1 is 0.889 bits per heavy atom. The lowest BCUT2D eigenvalue weighted by Gasteiger charge is -2.07. The molecule has 2 aromatic carbocycles. The molecule has 0 spiro atoms. The molecule has 94 valence electrons. The number of halogens is 1. The molecule has 2 rings (SSSR count). The summed E-state index contributed by atoms with van der Waals surface area (Å²) in [4.78, 5) is 0. The largest absolute Gasteiger partial charge is 0.396 e. The molecule has 3 heteroatoms. The highest BCUT2D eigenvalue weighted by atomic mass is 79.9. The maximum absolute atomic E-state index is 8.84. The van der Waals surface area contributed by atoms with Crippen LogP contribution in [-0.2, 0) is 13.0 Å². The van der Waals surface area contributed by atoms with Crippen molar-refractivity contribution in [1.82, 2.24) is 0 Å². The molecule has 0 bridgehead atoms. The smallest absolute Gasteiger partial charge is 0.0471 e.